The first-order chi connectivity index (χ1) is 13.6. The minimum atomic E-state index is 0.00539. The Labute approximate surface area is 168 Å². The Morgan fingerprint density at radius 3 is 2.71 bits per heavy atom. The third-order valence-electron chi connectivity index (χ3n) is 4.70. The molecule has 0 saturated carbocycles. The number of amides is 1. The van der Waals surface area contributed by atoms with E-state index in [1.54, 1.807) is 0 Å². The Morgan fingerprint density at radius 2 is 1.89 bits per heavy atom. The minimum absolute atomic E-state index is 0.00539. The van der Waals surface area contributed by atoms with Crippen LogP contribution in [-0.4, -0.2) is 32.8 Å². The van der Waals surface area contributed by atoms with Gasteiger partial charge in [0.05, 0.1) is 11.3 Å². The summed E-state index contributed by atoms with van der Waals surface area (Å²) < 4.78 is 2.06. The van der Waals surface area contributed by atoms with E-state index in [2.05, 4.69) is 63.2 Å². The topological polar surface area (TPSA) is 59.3 Å². The van der Waals surface area contributed by atoms with E-state index in [0.29, 0.717) is 12.3 Å². The smallest absolute Gasteiger partial charge is 0.230 e. The molecule has 0 bridgehead atoms. The highest BCUT2D eigenvalue weighted by atomic mass is 32.2. The number of thioether (sulfide) groups is 1. The van der Waals surface area contributed by atoms with Crippen molar-refractivity contribution in [3.8, 4) is 0 Å². The van der Waals surface area contributed by atoms with E-state index in [9.17, 15) is 4.79 Å². The first kappa shape index (κ1) is 18.5. The van der Waals surface area contributed by atoms with Gasteiger partial charge in [-0.3, -0.25) is 9.20 Å². The Bertz CT molecular complexity index is 1140. The maximum absolute atomic E-state index is 12.3. The molecule has 1 amide bonds. The molecular formula is C22H22N4OS. The molecule has 0 atom stereocenters. The number of carbonyl (C=O) groups excluding carboxylic acids is 1. The standard InChI is InChI=1S/C22H22N4OS/c1-15-8-9-18-13-16(2)21-24-25-22(26(21)19(18)12-15)28-14-20(27)23-11-10-17-6-4-3-5-7-17/h3-9,12-13H,10-11,14H2,1-2H3,(H,23,27). The lowest BCUT2D eigenvalue weighted by atomic mass is 10.1. The van der Waals surface area contributed by atoms with Crippen molar-refractivity contribution >= 4 is 34.2 Å². The quantitative estimate of drug-likeness (QED) is 0.507. The number of fused-ring (bicyclic) bond motifs is 3. The molecule has 2 aromatic carbocycles. The molecule has 0 spiro atoms. The summed E-state index contributed by atoms with van der Waals surface area (Å²) in [4.78, 5) is 12.3. The van der Waals surface area contributed by atoms with Gasteiger partial charge in [0.25, 0.3) is 0 Å². The van der Waals surface area contributed by atoms with Crippen molar-refractivity contribution in [1.29, 1.82) is 0 Å². The third-order valence-corrected chi connectivity index (χ3v) is 5.62. The van der Waals surface area contributed by atoms with Crippen LogP contribution in [0.25, 0.3) is 16.6 Å². The zero-order chi connectivity index (χ0) is 19.5. The summed E-state index contributed by atoms with van der Waals surface area (Å²) in [6.07, 6.45) is 0.828. The Morgan fingerprint density at radius 1 is 1.07 bits per heavy atom. The number of benzene rings is 2. The molecule has 4 aromatic rings. The van der Waals surface area contributed by atoms with Gasteiger partial charge in [0.2, 0.25) is 5.91 Å². The van der Waals surface area contributed by atoms with Crippen LogP contribution < -0.4 is 5.32 Å². The number of pyridine rings is 1. The fourth-order valence-corrected chi connectivity index (χ4v) is 4.05. The molecule has 0 aliphatic rings. The molecule has 142 valence electrons. The van der Waals surface area contributed by atoms with Gasteiger partial charge < -0.3 is 5.32 Å². The van der Waals surface area contributed by atoms with E-state index in [4.69, 9.17) is 0 Å². The molecule has 0 saturated heterocycles. The fourth-order valence-electron chi connectivity index (χ4n) is 3.28. The van der Waals surface area contributed by atoms with Crippen LogP contribution in [0, 0.1) is 13.8 Å². The number of hydrogen-bond acceptors (Lipinski definition) is 4. The van der Waals surface area contributed by atoms with Crippen molar-refractivity contribution in [1.82, 2.24) is 19.9 Å². The van der Waals surface area contributed by atoms with Crippen LogP contribution in [0.2, 0.25) is 0 Å². The second-order valence-corrected chi connectivity index (χ2v) is 7.85. The second-order valence-electron chi connectivity index (χ2n) is 6.91. The SMILES string of the molecule is Cc1ccc2cc(C)c3nnc(SCC(=O)NCCc4ccccc4)n3c2c1. The summed E-state index contributed by atoms with van der Waals surface area (Å²) in [5.74, 6) is 0.322. The lowest BCUT2D eigenvalue weighted by Crippen LogP contribution is -2.27. The zero-order valence-electron chi connectivity index (χ0n) is 16.0. The van der Waals surface area contributed by atoms with Gasteiger partial charge in [0.15, 0.2) is 10.8 Å². The lowest BCUT2D eigenvalue weighted by molar-refractivity contribution is -0.118. The Hall–Kier alpha value is -2.86. The van der Waals surface area contributed by atoms with Gasteiger partial charge in [0, 0.05) is 6.54 Å². The van der Waals surface area contributed by atoms with E-state index in [0.717, 1.165) is 33.7 Å². The first-order valence-corrected chi connectivity index (χ1v) is 10.3. The van der Waals surface area contributed by atoms with Crippen molar-refractivity contribution < 1.29 is 4.79 Å². The molecule has 0 radical (unpaired) electrons. The molecule has 5 nitrogen and oxygen atoms in total. The predicted molar refractivity (Wildman–Crippen MR) is 114 cm³/mol. The van der Waals surface area contributed by atoms with E-state index in [1.807, 2.05) is 25.1 Å². The summed E-state index contributed by atoms with van der Waals surface area (Å²) in [7, 11) is 0. The largest absolute Gasteiger partial charge is 0.355 e. The van der Waals surface area contributed by atoms with Gasteiger partial charge in [-0.2, -0.15) is 0 Å². The summed E-state index contributed by atoms with van der Waals surface area (Å²) in [5.41, 5.74) is 5.38. The predicted octanol–water partition coefficient (Wildman–Crippen LogP) is 3.95. The highest BCUT2D eigenvalue weighted by molar-refractivity contribution is 7.99. The number of aromatic nitrogens is 3. The van der Waals surface area contributed by atoms with Gasteiger partial charge in [-0.15, -0.1) is 10.2 Å². The van der Waals surface area contributed by atoms with E-state index >= 15 is 0 Å². The molecule has 0 aliphatic carbocycles. The van der Waals surface area contributed by atoms with Crippen LogP contribution in [0.1, 0.15) is 16.7 Å². The lowest BCUT2D eigenvalue weighted by Gasteiger charge is -2.08. The fraction of sp³-hybridized carbons (Fsp3) is 0.227. The molecule has 0 aliphatic heterocycles. The van der Waals surface area contributed by atoms with Crippen LogP contribution in [-0.2, 0) is 11.2 Å². The third kappa shape index (κ3) is 3.87. The van der Waals surface area contributed by atoms with Crippen LogP contribution in [0.4, 0.5) is 0 Å². The van der Waals surface area contributed by atoms with Gasteiger partial charge >= 0.3 is 0 Å². The van der Waals surface area contributed by atoms with Crippen LogP contribution in [0.5, 0.6) is 0 Å². The van der Waals surface area contributed by atoms with Crippen molar-refractivity contribution in [3.63, 3.8) is 0 Å². The average molecular weight is 391 g/mol. The van der Waals surface area contributed by atoms with E-state index in [1.165, 1.54) is 22.9 Å². The van der Waals surface area contributed by atoms with Gasteiger partial charge in [-0.05, 0) is 54.5 Å². The molecule has 2 aromatic heterocycles. The van der Waals surface area contributed by atoms with Crippen LogP contribution in [0.15, 0.2) is 59.8 Å². The summed E-state index contributed by atoms with van der Waals surface area (Å²) >= 11 is 1.42. The number of rotatable bonds is 6. The number of nitrogens with one attached hydrogen (secondary N) is 1. The maximum Gasteiger partial charge on any atom is 0.230 e. The highest BCUT2D eigenvalue weighted by Gasteiger charge is 2.14. The Balaban J connectivity index is 1.47. The number of carbonyl (C=O) groups is 1. The van der Waals surface area contributed by atoms with Gasteiger partial charge in [0.1, 0.15) is 0 Å². The molecule has 0 fully saturated rings. The Kier molecular flexibility index (Phi) is 5.30. The van der Waals surface area contributed by atoms with Gasteiger partial charge in [-0.25, -0.2) is 0 Å². The molecule has 1 N–H and O–H groups in total. The second kappa shape index (κ2) is 8.02. The van der Waals surface area contributed by atoms with Crippen molar-refractivity contribution in [2.45, 2.75) is 25.4 Å². The number of hydrogen-bond donors (Lipinski definition) is 1. The zero-order valence-corrected chi connectivity index (χ0v) is 16.8. The van der Waals surface area contributed by atoms with Crippen LogP contribution in [0.3, 0.4) is 0 Å². The number of nitrogens with zero attached hydrogens (tertiary/aromatic N) is 3. The van der Waals surface area contributed by atoms with Gasteiger partial charge in [-0.1, -0.05) is 54.2 Å². The molecule has 2 heterocycles. The molecule has 28 heavy (non-hydrogen) atoms. The number of aryl methyl sites for hydroxylation is 2. The van der Waals surface area contributed by atoms with E-state index in [-0.39, 0.29) is 5.91 Å². The maximum atomic E-state index is 12.3. The highest BCUT2D eigenvalue weighted by Crippen LogP contribution is 2.26. The van der Waals surface area contributed by atoms with Crippen molar-refractivity contribution in [3.05, 3.63) is 71.3 Å². The minimum Gasteiger partial charge on any atom is -0.355 e. The van der Waals surface area contributed by atoms with Crippen molar-refractivity contribution in [2.24, 2.45) is 0 Å². The molecule has 0 unspecified atom stereocenters. The molecule has 4 rings (SSSR count). The summed E-state index contributed by atoms with van der Waals surface area (Å²) in [6.45, 7) is 4.74. The molecular weight excluding hydrogens is 368 g/mol. The molecule has 6 heteroatoms. The first-order valence-electron chi connectivity index (χ1n) is 9.30. The summed E-state index contributed by atoms with van der Waals surface area (Å²) in [6, 6.07) is 18.6. The van der Waals surface area contributed by atoms with Crippen LogP contribution >= 0.6 is 11.8 Å². The van der Waals surface area contributed by atoms with E-state index < -0.39 is 0 Å². The normalized spacial score (nSPS) is 11.2. The average Bonchev–Trinajstić information content (AvgIpc) is 3.13. The summed E-state index contributed by atoms with van der Waals surface area (Å²) in [5, 5.41) is 13.5. The monoisotopic (exact) mass is 390 g/mol. The van der Waals surface area contributed by atoms with Crippen molar-refractivity contribution in [2.75, 3.05) is 12.3 Å².